The molecule has 0 fully saturated rings. The van der Waals surface area contributed by atoms with Gasteiger partial charge in [0.05, 0.1) is 11.1 Å². The van der Waals surface area contributed by atoms with Gasteiger partial charge >= 0.3 is 0 Å². The predicted octanol–water partition coefficient (Wildman–Crippen LogP) is 5.08. The number of aromatic nitrogens is 3. The highest BCUT2D eigenvalue weighted by molar-refractivity contribution is 5.78. The van der Waals surface area contributed by atoms with E-state index in [4.69, 9.17) is 4.42 Å². The standard InChI is InChI=1S/C24H24N8O3/c1-3-31(4-2)24-28-22(26-18-8-6-5-7-9-18)27-23(29-24)30-25-16-20-14-15-21(35-20)17-10-12-19(13-11-17)32(33)34/h5-16H,3-4H2,1-2H3,(H2,26,27,28,29,30)/b25-16+. The molecule has 11 nitrogen and oxygen atoms in total. The quantitative estimate of drug-likeness (QED) is 0.184. The fourth-order valence-electron chi connectivity index (χ4n) is 3.25. The first kappa shape index (κ1) is 23.4. The molecule has 2 N–H and O–H groups in total. The molecular formula is C24H24N8O3. The third-order valence-electron chi connectivity index (χ3n) is 5.05. The molecule has 11 heteroatoms. The van der Waals surface area contributed by atoms with Crippen molar-refractivity contribution in [3.8, 4) is 11.3 Å². The molecule has 0 saturated carbocycles. The highest BCUT2D eigenvalue weighted by atomic mass is 16.6. The predicted molar refractivity (Wildman–Crippen MR) is 135 cm³/mol. The summed E-state index contributed by atoms with van der Waals surface area (Å²) in [6.45, 7) is 5.54. The molecule has 35 heavy (non-hydrogen) atoms. The molecule has 0 atom stereocenters. The maximum atomic E-state index is 10.8. The van der Waals surface area contributed by atoms with Gasteiger partial charge in [0, 0.05) is 36.5 Å². The monoisotopic (exact) mass is 472 g/mol. The highest BCUT2D eigenvalue weighted by Gasteiger charge is 2.12. The van der Waals surface area contributed by atoms with Crippen molar-refractivity contribution in [2.75, 3.05) is 28.7 Å². The summed E-state index contributed by atoms with van der Waals surface area (Å²) in [5.41, 5.74) is 4.44. The van der Waals surface area contributed by atoms with Gasteiger partial charge in [0.25, 0.3) is 5.69 Å². The van der Waals surface area contributed by atoms with Gasteiger partial charge in [0.2, 0.25) is 17.8 Å². The van der Waals surface area contributed by atoms with Crippen LogP contribution in [0, 0.1) is 10.1 Å². The molecule has 0 spiro atoms. The number of nitro groups is 1. The number of furan rings is 1. The normalized spacial score (nSPS) is 10.9. The number of nitrogens with one attached hydrogen (secondary N) is 2. The van der Waals surface area contributed by atoms with E-state index in [9.17, 15) is 10.1 Å². The lowest BCUT2D eigenvalue weighted by molar-refractivity contribution is -0.384. The first-order valence-corrected chi connectivity index (χ1v) is 11.0. The molecule has 0 aliphatic rings. The number of hydrogen-bond donors (Lipinski definition) is 2. The van der Waals surface area contributed by atoms with Crippen molar-refractivity contribution >= 4 is 35.4 Å². The molecule has 4 rings (SSSR count). The molecule has 2 aromatic heterocycles. The number of nitro benzene ring substituents is 1. The highest BCUT2D eigenvalue weighted by Crippen LogP contribution is 2.24. The largest absolute Gasteiger partial charge is 0.455 e. The molecule has 0 bridgehead atoms. The van der Waals surface area contributed by atoms with Crippen molar-refractivity contribution in [2.45, 2.75) is 13.8 Å². The Morgan fingerprint density at radius 1 is 0.971 bits per heavy atom. The van der Waals surface area contributed by atoms with Crippen LogP contribution in [0.1, 0.15) is 19.6 Å². The summed E-state index contributed by atoms with van der Waals surface area (Å²) < 4.78 is 5.77. The molecule has 0 amide bonds. The van der Waals surface area contributed by atoms with Crippen molar-refractivity contribution < 1.29 is 9.34 Å². The number of rotatable bonds is 10. The summed E-state index contributed by atoms with van der Waals surface area (Å²) in [5.74, 6) is 2.26. The molecule has 0 aliphatic heterocycles. The van der Waals surface area contributed by atoms with Gasteiger partial charge < -0.3 is 14.6 Å². The van der Waals surface area contributed by atoms with Crippen LogP contribution in [0.15, 0.2) is 76.2 Å². The molecule has 0 radical (unpaired) electrons. The topological polar surface area (TPSA) is 135 Å². The van der Waals surface area contributed by atoms with E-state index in [-0.39, 0.29) is 11.6 Å². The number of para-hydroxylation sites is 1. The second-order valence-corrected chi connectivity index (χ2v) is 7.32. The van der Waals surface area contributed by atoms with E-state index < -0.39 is 4.92 Å². The molecule has 2 heterocycles. The van der Waals surface area contributed by atoms with Gasteiger partial charge in [-0.3, -0.25) is 10.1 Å². The van der Waals surface area contributed by atoms with Crippen LogP contribution in [0.4, 0.5) is 29.2 Å². The van der Waals surface area contributed by atoms with Gasteiger partial charge in [0.1, 0.15) is 11.5 Å². The maximum Gasteiger partial charge on any atom is 0.269 e. The third-order valence-corrected chi connectivity index (χ3v) is 5.05. The summed E-state index contributed by atoms with van der Waals surface area (Å²) in [6, 6.07) is 19.3. The number of nitrogens with zero attached hydrogens (tertiary/aromatic N) is 6. The summed E-state index contributed by atoms with van der Waals surface area (Å²) >= 11 is 0. The Bertz CT molecular complexity index is 1300. The van der Waals surface area contributed by atoms with Crippen LogP contribution in [0.5, 0.6) is 0 Å². The molecule has 0 aliphatic carbocycles. The van der Waals surface area contributed by atoms with Crippen molar-refractivity contribution in [1.82, 2.24) is 15.0 Å². The van der Waals surface area contributed by atoms with E-state index in [1.807, 2.05) is 49.1 Å². The first-order valence-electron chi connectivity index (χ1n) is 11.0. The Kier molecular flexibility index (Phi) is 7.26. The van der Waals surface area contributed by atoms with Crippen LogP contribution in [0.2, 0.25) is 0 Å². The van der Waals surface area contributed by atoms with Crippen LogP contribution in [-0.4, -0.2) is 39.2 Å². The Balaban J connectivity index is 1.50. The van der Waals surface area contributed by atoms with Gasteiger partial charge in [-0.2, -0.15) is 20.1 Å². The van der Waals surface area contributed by atoms with Crippen molar-refractivity contribution in [3.05, 3.63) is 82.6 Å². The molecular weight excluding hydrogens is 448 g/mol. The average Bonchev–Trinajstić information content (AvgIpc) is 3.34. The molecule has 4 aromatic rings. The summed E-state index contributed by atoms with van der Waals surface area (Å²) in [4.78, 5) is 25.8. The fourth-order valence-corrected chi connectivity index (χ4v) is 3.25. The summed E-state index contributed by atoms with van der Waals surface area (Å²) in [6.07, 6.45) is 1.50. The van der Waals surface area contributed by atoms with Gasteiger partial charge in [0.15, 0.2) is 0 Å². The fraction of sp³-hybridized carbons (Fsp3) is 0.167. The minimum atomic E-state index is -0.441. The van der Waals surface area contributed by atoms with Crippen molar-refractivity contribution in [1.29, 1.82) is 0 Å². The van der Waals surface area contributed by atoms with Gasteiger partial charge in [-0.15, -0.1) is 0 Å². The Morgan fingerprint density at radius 3 is 2.37 bits per heavy atom. The Hall–Kier alpha value is -4.80. The zero-order valence-electron chi connectivity index (χ0n) is 19.3. The van der Waals surface area contributed by atoms with E-state index in [1.165, 1.54) is 18.3 Å². The van der Waals surface area contributed by atoms with E-state index >= 15 is 0 Å². The Labute approximate surface area is 201 Å². The number of non-ortho nitro benzene ring substituents is 1. The van der Waals surface area contributed by atoms with E-state index in [0.717, 1.165) is 24.3 Å². The summed E-state index contributed by atoms with van der Waals surface area (Å²) in [5, 5.41) is 18.2. The number of hydrazone groups is 1. The minimum Gasteiger partial charge on any atom is -0.455 e. The zero-order chi connectivity index (χ0) is 24.6. The van der Waals surface area contributed by atoms with E-state index in [1.54, 1.807) is 24.3 Å². The van der Waals surface area contributed by atoms with Crippen LogP contribution in [0.25, 0.3) is 11.3 Å². The van der Waals surface area contributed by atoms with Crippen LogP contribution < -0.4 is 15.6 Å². The first-order chi connectivity index (χ1) is 17.1. The smallest absolute Gasteiger partial charge is 0.269 e. The minimum absolute atomic E-state index is 0.0221. The lowest BCUT2D eigenvalue weighted by Gasteiger charge is -2.19. The van der Waals surface area contributed by atoms with Crippen LogP contribution >= 0.6 is 0 Å². The second kappa shape index (κ2) is 10.9. The second-order valence-electron chi connectivity index (χ2n) is 7.32. The molecule has 0 saturated heterocycles. The molecule has 2 aromatic carbocycles. The average molecular weight is 473 g/mol. The zero-order valence-corrected chi connectivity index (χ0v) is 19.3. The van der Waals surface area contributed by atoms with Crippen molar-refractivity contribution in [2.24, 2.45) is 5.10 Å². The van der Waals surface area contributed by atoms with Crippen LogP contribution in [0.3, 0.4) is 0 Å². The number of anilines is 4. The maximum absolute atomic E-state index is 10.8. The SMILES string of the molecule is CCN(CC)c1nc(N/N=C/c2ccc(-c3ccc([N+](=O)[O-])cc3)o2)nc(Nc2ccccc2)n1. The lowest BCUT2D eigenvalue weighted by atomic mass is 10.1. The molecule has 0 unspecified atom stereocenters. The van der Waals surface area contributed by atoms with Crippen LogP contribution in [-0.2, 0) is 0 Å². The van der Waals surface area contributed by atoms with Crippen molar-refractivity contribution in [3.63, 3.8) is 0 Å². The lowest BCUT2D eigenvalue weighted by Crippen LogP contribution is -2.25. The number of benzene rings is 2. The Morgan fingerprint density at radius 2 is 1.69 bits per heavy atom. The summed E-state index contributed by atoms with van der Waals surface area (Å²) in [7, 11) is 0. The number of hydrogen-bond acceptors (Lipinski definition) is 10. The van der Waals surface area contributed by atoms with Gasteiger partial charge in [-0.1, -0.05) is 18.2 Å². The van der Waals surface area contributed by atoms with E-state index in [0.29, 0.717) is 23.4 Å². The molecule has 178 valence electrons. The van der Waals surface area contributed by atoms with Gasteiger partial charge in [-0.05, 0) is 50.2 Å². The van der Waals surface area contributed by atoms with Gasteiger partial charge in [-0.25, -0.2) is 5.43 Å². The third kappa shape index (κ3) is 5.96. The van der Waals surface area contributed by atoms with E-state index in [2.05, 4.69) is 30.8 Å².